The van der Waals surface area contributed by atoms with Crippen LogP contribution in [0.2, 0.25) is 0 Å². The van der Waals surface area contributed by atoms with Crippen molar-refractivity contribution in [3.05, 3.63) is 34.6 Å². The van der Waals surface area contributed by atoms with Crippen LogP contribution in [0.5, 0.6) is 0 Å². The third-order valence-electron chi connectivity index (χ3n) is 4.18. The van der Waals surface area contributed by atoms with E-state index in [0.29, 0.717) is 5.56 Å². The zero-order valence-electron chi connectivity index (χ0n) is 13.8. The average Bonchev–Trinajstić information content (AvgIpc) is 2.80. The second-order valence-corrected chi connectivity index (χ2v) is 6.02. The molecule has 2 aliphatic rings. The fourth-order valence-electron chi connectivity index (χ4n) is 2.95. The Hall–Kier alpha value is -2.90. The Bertz CT molecular complexity index is 775. The Morgan fingerprint density at radius 1 is 1.12 bits per heavy atom. The minimum absolute atomic E-state index is 0.0402. The van der Waals surface area contributed by atoms with Gasteiger partial charge in [-0.1, -0.05) is 13.8 Å². The van der Waals surface area contributed by atoms with Gasteiger partial charge >= 0.3 is 0 Å². The Labute approximate surface area is 143 Å². The first-order chi connectivity index (χ1) is 11.8. The molecule has 2 heterocycles. The zero-order chi connectivity index (χ0) is 18.9. The van der Waals surface area contributed by atoms with Crippen molar-refractivity contribution >= 4 is 30.4 Å². The number of carbonyl (C=O) groups is 5. The number of halogens is 1. The van der Waals surface area contributed by atoms with E-state index >= 15 is 0 Å². The molecular formula is C17H17FN2O5. The van der Waals surface area contributed by atoms with Gasteiger partial charge in [-0.05, 0) is 30.0 Å². The number of amides is 4. The number of nitrogens with zero attached hydrogens (tertiary/aromatic N) is 1. The summed E-state index contributed by atoms with van der Waals surface area (Å²) in [6.07, 6.45) is 0.130. The lowest BCUT2D eigenvalue weighted by atomic mass is 9.97. The van der Waals surface area contributed by atoms with Gasteiger partial charge in [-0.15, -0.1) is 0 Å². The lowest BCUT2D eigenvalue weighted by Gasteiger charge is -2.27. The molecule has 1 saturated heterocycles. The number of fused-ring (bicyclic) bond motifs is 1. The number of imide groups is 2. The number of nitrogens with one attached hydrogen (secondary N) is 1. The lowest BCUT2D eigenvalue weighted by Crippen LogP contribution is -2.54. The van der Waals surface area contributed by atoms with Crippen LogP contribution in [0.3, 0.4) is 0 Å². The third kappa shape index (κ3) is 3.07. The summed E-state index contributed by atoms with van der Waals surface area (Å²) < 4.78 is 14.1. The van der Waals surface area contributed by atoms with E-state index in [4.69, 9.17) is 4.79 Å². The molecule has 1 N–H and O–H groups in total. The maximum atomic E-state index is 14.1. The van der Waals surface area contributed by atoms with E-state index in [-0.39, 0.29) is 29.9 Å². The summed E-state index contributed by atoms with van der Waals surface area (Å²) in [7, 11) is 0. The van der Waals surface area contributed by atoms with Crippen molar-refractivity contribution < 1.29 is 28.4 Å². The molecule has 0 aliphatic carbocycles. The first-order valence-corrected chi connectivity index (χ1v) is 7.65. The van der Waals surface area contributed by atoms with E-state index in [1.54, 1.807) is 13.8 Å². The summed E-state index contributed by atoms with van der Waals surface area (Å²) in [5.41, 5.74) is 0.404. The van der Waals surface area contributed by atoms with Gasteiger partial charge in [-0.25, -0.2) is 4.39 Å². The maximum Gasteiger partial charge on any atom is 0.262 e. The van der Waals surface area contributed by atoms with Crippen molar-refractivity contribution in [2.75, 3.05) is 0 Å². The molecule has 1 unspecified atom stereocenters. The second kappa shape index (κ2) is 6.92. The van der Waals surface area contributed by atoms with Crippen molar-refractivity contribution in [3.8, 4) is 0 Å². The normalized spacial score (nSPS) is 19.5. The quantitative estimate of drug-likeness (QED) is 0.809. The molecule has 132 valence electrons. The molecule has 1 aromatic rings. The highest BCUT2D eigenvalue weighted by molar-refractivity contribution is 6.23. The SMILES string of the molecule is C=O.CC(C)c1cc2c(cc1F)C(=O)N(C1CCC(=O)NC1=O)C2=O. The fourth-order valence-corrected chi connectivity index (χ4v) is 2.95. The molecule has 3 rings (SSSR count). The van der Waals surface area contributed by atoms with Crippen LogP contribution in [0, 0.1) is 5.82 Å². The number of benzene rings is 1. The van der Waals surface area contributed by atoms with Crippen molar-refractivity contribution in [2.24, 2.45) is 0 Å². The maximum absolute atomic E-state index is 14.1. The van der Waals surface area contributed by atoms with E-state index in [0.717, 1.165) is 11.0 Å². The van der Waals surface area contributed by atoms with Crippen molar-refractivity contribution in [2.45, 2.75) is 38.6 Å². The van der Waals surface area contributed by atoms with Crippen LogP contribution in [0.1, 0.15) is 58.9 Å². The molecule has 0 bridgehead atoms. The Balaban J connectivity index is 0.00000109. The van der Waals surface area contributed by atoms with E-state index in [9.17, 15) is 23.6 Å². The summed E-state index contributed by atoms with van der Waals surface area (Å²) >= 11 is 0. The van der Waals surface area contributed by atoms with Crippen molar-refractivity contribution in [3.63, 3.8) is 0 Å². The van der Waals surface area contributed by atoms with Crippen LogP contribution in [0.4, 0.5) is 4.39 Å². The smallest absolute Gasteiger partial charge is 0.262 e. The van der Waals surface area contributed by atoms with Gasteiger partial charge in [0.15, 0.2) is 0 Å². The fraction of sp³-hybridized carbons (Fsp3) is 0.353. The summed E-state index contributed by atoms with van der Waals surface area (Å²) in [5, 5.41) is 2.12. The predicted octanol–water partition coefficient (Wildman–Crippen LogP) is 1.17. The van der Waals surface area contributed by atoms with Gasteiger partial charge in [0.25, 0.3) is 11.8 Å². The van der Waals surface area contributed by atoms with Gasteiger partial charge < -0.3 is 4.79 Å². The van der Waals surface area contributed by atoms with Gasteiger partial charge in [0.05, 0.1) is 11.1 Å². The Morgan fingerprint density at radius 3 is 2.20 bits per heavy atom. The molecule has 2 aliphatic heterocycles. The highest BCUT2D eigenvalue weighted by Gasteiger charge is 2.45. The van der Waals surface area contributed by atoms with Gasteiger partial charge in [-0.2, -0.15) is 0 Å². The summed E-state index contributed by atoms with van der Waals surface area (Å²) in [4.78, 5) is 56.9. The van der Waals surface area contributed by atoms with Gasteiger partial charge in [0, 0.05) is 6.42 Å². The van der Waals surface area contributed by atoms with Crippen LogP contribution in [-0.2, 0) is 14.4 Å². The molecule has 1 atom stereocenters. The topological polar surface area (TPSA) is 101 Å². The first-order valence-electron chi connectivity index (χ1n) is 7.65. The number of hydrogen-bond donors (Lipinski definition) is 1. The van der Waals surface area contributed by atoms with E-state index in [1.807, 2.05) is 6.79 Å². The molecule has 25 heavy (non-hydrogen) atoms. The standard InChI is InChI=1S/C16H15FN2O4.CH2O/c1-7(2)8-5-9-10(6-11(8)17)16(23)19(15(9)22)12-3-4-13(20)18-14(12)21;1-2/h5-7,12H,3-4H2,1-2H3,(H,18,20,21);1H2. The molecular weight excluding hydrogens is 331 g/mol. The zero-order valence-corrected chi connectivity index (χ0v) is 13.8. The molecule has 1 aromatic carbocycles. The summed E-state index contributed by atoms with van der Waals surface area (Å²) in [6, 6.07) is 1.39. The minimum atomic E-state index is -1.04. The van der Waals surface area contributed by atoms with Gasteiger partial charge in [-0.3, -0.25) is 29.4 Å². The monoisotopic (exact) mass is 348 g/mol. The van der Waals surface area contributed by atoms with Crippen LogP contribution >= 0.6 is 0 Å². The predicted molar refractivity (Wildman–Crippen MR) is 84.3 cm³/mol. The molecule has 0 spiro atoms. The van der Waals surface area contributed by atoms with Crippen molar-refractivity contribution in [1.82, 2.24) is 10.2 Å². The molecule has 8 heteroatoms. The first kappa shape index (κ1) is 18.4. The van der Waals surface area contributed by atoms with E-state index in [2.05, 4.69) is 5.32 Å². The largest absolute Gasteiger partial charge is 0.307 e. The van der Waals surface area contributed by atoms with Crippen LogP contribution < -0.4 is 5.32 Å². The summed E-state index contributed by atoms with van der Waals surface area (Å²) in [5.74, 6) is -3.13. The van der Waals surface area contributed by atoms with Crippen molar-refractivity contribution in [1.29, 1.82) is 0 Å². The average molecular weight is 348 g/mol. The van der Waals surface area contributed by atoms with Crippen LogP contribution in [-0.4, -0.2) is 41.4 Å². The molecule has 1 fully saturated rings. The van der Waals surface area contributed by atoms with Crippen LogP contribution in [0.25, 0.3) is 0 Å². The number of carbonyl (C=O) groups excluding carboxylic acids is 5. The van der Waals surface area contributed by atoms with Crippen LogP contribution in [0.15, 0.2) is 12.1 Å². The van der Waals surface area contributed by atoms with Gasteiger partial charge in [0.1, 0.15) is 18.6 Å². The Morgan fingerprint density at radius 2 is 1.68 bits per heavy atom. The van der Waals surface area contributed by atoms with E-state index in [1.165, 1.54) is 6.07 Å². The molecule has 0 radical (unpaired) electrons. The molecule has 0 aromatic heterocycles. The number of hydrogen-bond acceptors (Lipinski definition) is 5. The third-order valence-corrected chi connectivity index (χ3v) is 4.18. The lowest BCUT2D eigenvalue weighted by molar-refractivity contribution is -0.136. The number of rotatable bonds is 2. The number of piperidine rings is 1. The summed E-state index contributed by atoms with van der Waals surface area (Å²) in [6.45, 7) is 5.56. The minimum Gasteiger partial charge on any atom is -0.307 e. The highest BCUT2D eigenvalue weighted by atomic mass is 19.1. The second-order valence-electron chi connectivity index (χ2n) is 6.02. The molecule has 0 saturated carbocycles. The Kier molecular flexibility index (Phi) is 5.10. The van der Waals surface area contributed by atoms with E-state index < -0.39 is 35.5 Å². The molecule has 7 nitrogen and oxygen atoms in total. The highest BCUT2D eigenvalue weighted by Crippen LogP contribution is 2.31. The van der Waals surface area contributed by atoms with Gasteiger partial charge in [0.2, 0.25) is 11.8 Å². The molecule has 4 amide bonds.